The molecule has 7 heteroatoms. The molecular weight excluding hydrogens is 368 g/mol. The third-order valence-corrected chi connectivity index (χ3v) is 4.98. The number of halogens is 1. The third-order valence-electron chi connectivity index (χ3n) is 4.73. The van der Waals surface area contributed by atoms with Crippen LogP contribution in [-0.2, 0) is 21.6 Å². The summed E-state index contributed by atoms with van der Waals surface area (Å²) < 4.78 is 4.71. The summed E-state index contributed by atoms with van der Waals surface area (Å²) in [6.45, 7) is 1.90. The minimum Gasteiger partial charge on any atom is -0.465 e. The van der Waals surface area contributed by atoms with Gasteiger partial charge in [0.15, 0.2) is 0 Å². The number of carbonyl (C=O) groups excluding carboxylic acids is 3. The van der Waals surface area contributed by atoms with Crippen molar-refractivity contribution in [3.05, 3.63) is 70.2 Å². The molecular formula is C20H19ClN2O4. The van der Waals surface area contributed by atoms with Crippen molar-refractivity contribution in [1.29, 1.82) is 0 Å². The molecule has 3 rings (SSSR count). The van der Waals surface area contributed by atoms with E-state index < -0.39 is 17.5 Å². The Morgan fingerprint density at radius 3 is 2.52 bits per heavy atom. The number of amides is 3. The van der Waals surface area contributed by atoms with Crippen LogP contribution in [0.25, 0.3) is 0 Å². The summed E-state index contributed by atoms with van der Waals surface area (Å²) in [6.07, 6.45) is 0.401. The Morgan fingerprint density at radius 1 is 1.19 bits per heavy atom. The van der Waals surface area contributed by atoms with Gasteiger partial charge in [-0.1, -0.05) is 42.8 Å². The average molecular weight is 387 g/mol. The lowest BCUT2D eigenvalue weighted by atomic mass is 9.87. The number of methoxy groups -OCH3 is 1. The molecule has 1 atom stereocenters. The van der Waals surface area contributed by atoms with Gasteiger partial charge in [-0.3, -0.25) is 9.69 Å². The quantitative estimate of drug-likeness (QED) is 0.630. The third kappa shape index (κ3) is 3.40. The van der Waals surface area contributed by atoms with Gasteiger partial charge in [-0.25, -0.2) is 9.59 Å². The number of hydrogen-bond acceptors (Lipinski definition) is 4. The molecule has 1 aliphatic rings. The lowest BCUT2D eigenvalue weighted by Crippen LogP contribution is -2.43. The van der Waals surface area contributed by atoms with Gasteiger partial charge in [0.1, 0.15) is 5.54 Å². The smallest absolute Gasteiger partial charge is 0.337 e. The van der Waals surface area contributed by atoms with Crippen molar-refractivity contribution >= 4 is 29.5 Å². The van der Waals surface area contributed by atoms with Gasteiger partial charge in [-0.2, -0.15) is 0 Å². The standard InChI is InChI=1S/C20H19ClN2O4/c1-3-20(15-7-9-16(21)10-8-15)18(25)23(19(26)22-20)12-13-5-4-6-14(11-13)17(24)27-2/h4-11H,3,12H2,1-2H3,(H,22,26)/t20-/m0/s1. The molecule has 0 spiro atoms. The molecule has 6 nitrogen and oxygen atoms in total. The molecule has 0 aliphatic carbocycles. The second kappa shape index (κ2) is 7.40. The van der Waals surface area contributed by atoms with Crippen molar-refractivity contribution in [2.24, 2.45) is 0 Å². The summed E-state index contributed by atoms with van der Waals surface area (Å²) in [5.41, 5.74) is 0.575. The van der Waals surface area contributed by atoms with Gasteiger partial charge in [0.05, 0.1) is 19.2 Å². The SMILES string of the molecule is CC[C@@]1(c2ccc(Cl)cc2)NC(=O)N(Cc2cccc(C(=O)OC)c2)C1=O. The molecule has 0 bridgehead atoms. The van der Waals surface area contributed by atoms with E-state index in [1.807, 2.05) is 6.92 Å². The average Bonchev–Trinajstić information content (AvgIpc) is 2.93. The lowest BCUT2D eigenvalue weighted by Gasteiger charge is -2.26. The van der Waals surface area contributed by atoms with Gasteiger partial charge in [0.2, 0.25) is 0 Å². The van der Waals surface area contributed by atoms with E-state index in [-0.39, 0.29) is 12.5 Å². The fourth-order valence-corrected chi connectivity index (χ4v) is 3.37. The number of benzene rings is 2. The van der Waals surface area contributed by atoms with Crippen LogP contribution in [-0.4, -0.2) is 29.9 Å². The number of nitrogens with zero attached hydrogens (tertiary/aromatic N) is 1. The van der Waals surface area contributed by atoms with Crippen molar-refractivity contribution in [3.8, 4) is 0 Å². The number of hydrogen-bond donors (Lipinski definition) is 1. The van der Waals surface area contributed by atoms with Gasteiger partial charge < -0.3 is 10.1 Å². The van der Waals surface area contributed by atoms with Crippen LogP contribution in [0.1, 0.15) is 34.8 Å². The van der Waals surface area contributed by atoms with Crippen molar-refractivity contribution in [3.63, 3.8) is 0 Å². The molecule has 1 saturated heterocycles. The van der Waals surface area contributed by atoms with Gasteiger partial charge in [-0.05, 0) is 41.8 Å². The van der Waals surface area contributed by atoms with Crippen LogP contribution in [0.5, 0.6) is 0 Å². The highest BCUT2D eigenvalue weighted by Gasteiger charge is 2.51. The van der Waals surface area contributed by atoms with Crippen molar-refractivity contribution in [2.75, 3.05) is 7.11 Å². The molecule has 140 valence electrons. The molecule has 0 radical (unpaired) electrons. The molecule has 2 aromatic rings. The maximum atomic E-state index is 13.2. The molecule has 1 heterocycles. The minimum atomic E-state index is -1.12. The maximum absolute atomic E-state index is 13.2. The molecule has 1 N–H and O–H groups in total. The minimum absolute atomic E-state index is 0.0604. The molecule has 3 amide bonds. The molecule has 27 heavy (non-hydrogen) atoms. The summed E-state index contributed by atoms with van der Waals surface area (Å²) >= 11 is 5.94. The van der Waals surface area contributed by atoms with Crippen molar-refractivity contribution in [2.45, 2.75) is 25.4 Å². The van der Waals surface area contributed by atoms with Gasteiger partial charge in [0, 0.05) is 5.02 Å². The van der Waals surface area contributed by atoms with Gasteiger partial charge in [-0.15, -0.1) is 0 Å². The van der Waals surface area contributed by atoms with Crippen molar-refractivity contribution < 1.29 is 19.1 Å². The van der Waals surface area contributed by atoms with E-state index in [9.17, 15) is 14.4 Å². The number of rotatable bonds is 5. The molecule has 0 saturated carbocycles. The summed E-state index contributed by atoms with van der Waals surface area (Å²) in [5, 5.41) is 3.38. The van der Waals surface area contributed by atoms with Gasteiger partial charge >= 0.3 is 12.0 Å². The van der Waals surface area contributed by atoms with Crippen LogP contribution < -0.4 is 5.32 Å². The number of esters is 1. The molecule has 2 aromatic carbocycles. The summed E-state index contributed by atoms with van der Waals surface area (Å²) in [6, 6.07) is 13.1. The Labute approximate surface area is 162 Å². The zero-order chi connectivity index (χ0) is 19.6. The van der Waals surface area contributed by atoms with Crippen LogP contribution in [0.3, 0.4) is 0 Å². The summed E-state index contributed by atoms with van der Waals surface area (Å²) in [4.78, 5) is 38.6. The zero-order valence-corrected chi connectivity index (χ0v) is 15.7. The first-order valence-electron chi connectivity index (χ1n) is 8.48. The number of ether oxygens (including phenoxy) is 1. The number of carbonyl (C=O) groups is 3. The molecule has 0 unspecified atom stereocenters. The number of nitrogens with one attached hydrogen (secondary N) is 1. The van der Waals surface area contributed by atoms with Gasteiger partial charge in [0.25, 0.3) is 5.91 Å². The Kier molecular flexibility index (Phi) is 5.19. The predicted octanol–water partition coefficient (Wildman–Crippen LogP) is 3.48. The van der Waals surface area contributed by atoms with Crippen LogP contribution in [0.4, 0.5) is 4.79 Å². The van der Waals surface area contributed by atoms with E-state index in [0.717, 1.165) is 4.90 Å². The maximum Gasteiger partial charge on any atom is 0.337 e. The first-order chi connectivity index (χ1) is 12.9. The topological polar surface area (TPSA) is 75.7 Å². The van der Waals surface area contributed by atoms with Crippen LogP contribution in [0.15, 0.2) is 48.5 Å². The normalized spacial score (nSPS) is 19.1. The van der Waals surface area contributed by atoms with E-state index >= 15 is 0 Å². The second-order valence-electron chi connectivity index (χ2n) is 6.28. The summed E-state index contributed by atoms with van der Waals surface area (Å²) in [7, 11) is 1.30. The van der Waals surface area contributed by atoms with E-state index in [0.29, 0.717) is 28.1 Å². The Balaban J connectivity index is 1.90. The van der Waals surface area contributed by atoms with E-state index in [1.54, 1.807) is 48.5 Å². The zero-order valence-electron chi connectivity index (χ0n) is 15.0. The Hall–Kier alpha value is -2.86. The van der Waals surface area contributed by atoms with E-state index in [2.05, 4.69) is 5.32 Å². The highest BCUT2D eigenvalue weighted by Crippen LogP contribution is 2.33. The van der Waals surface area contributed by atoms with E-state index in [1.165, 1.54) is 7.11 Å². The lowest BCUT2D eigenvalue weighted by molar-refractivity contribution is -0.132. The fraction of sp³-hybridized carbons (Fsp3) is 0.250. The number of imide groups is 1. The van der Waals surface area contributed by atoms with E-state index in [4.69, 9.17) is 16.3 Å². The van der Waals surface area contributed by atoms with Crippen LogP contribution in [0.2, 0.25) is 5.02 Å². The highest BCUT2D eigenvalue weighted by atomic mass is 35.5. The highest BCUT2D eigenvalue weighted by molar-refractivity contribution is 6.30. The molecule has 1 fully saturated rings. The fourth-order valence-electron chi connectivity index (χ4n) is 3.24. The molecule has 1 aliphatic heterocycles. The van der Waals surface area contributed by atoms with Crippen LogP contribution >= 0.6 is 11.6 Å². The number of urea groups is 1. The largest absolute Gasteiger partial charge is 0.465 e. The van der Waals surface area contributed by atoms with Crippen LogP contribution in [0, 0.1) is 0 Å². The first kappa shape index (κ1) is 18.9. The Bertz CT molecular complexity index is 897. The predicted molar refractivity (Wildman–Crippen MR) is 100 cm³/mol. The Morgan fingerprint density at radius 2 is 1.89 bits per heavy atom. The monoisotopic (exact) mass is 386 g/mol. The summed E-state index contributed by atoms with van der Waals surface area (Å²) in [5.74, 6) is -0.807. The first-order valence-corrected chi connectivity index (χ1v) is 8.86. The molecule has 0 aromatic heterocycles. The second-order valence-corrected chi connectivity index (χ2v) is 6.72. The van der Waals surface area contributed by atoms with Crippen molar-refractivity contribution in [1.82, 2.24) is 10.2 Å².